The van der Waals surface area contributed by atoms with Crippen LogP contribution in [0.1, 0.15) is 99.8 Å². The first kappa shape index (κ1) is 27.4. The third kappa shape index (κ3) is 3.25. The molecule has 0 radical (unpaired) electrons. The molecule has 0 aromatic heterocycles. The second kappa shape index (κ2) is 8.40. The van der Waals surface area contributed by atoms with Crippen LogP contribution in [0, 0.1) is 57.2 Å². The summed E-state index contributed by atoms with van der Waals surface area (Å²) in [7, 11) is 1.66. The lowest BCUT2D eigenvalue weighted by Gasteiger charge is -2.59. The molecule has 0 bridgehead atoms. The lowest BCUT2D eigenvalue weighted by Crippen LogP contribution is -2.55. The largest absolute Gasteiger partial charge is 0.393 e. The predicted molar refractivity (Wildman–Crippen MR) is 141 cm³/mol. The zero-order chi connectivity index (χ0) is 26.6. The molecule has 0 aromatic carbocycles. The molecule has 5 aliphatic carbocycles. The summed E-state index contributed by atoms with van der Waals surface area (Å²) in [6, 6.07) is 0. The van der Waals surface area contributed by atoms with E-state index in [0.29, 0.717) is 23.2 Å². The van der Waals surface area contributed by atoms with Gasteiger partial charge in [0.25, 0.3) is 0 Å². The van der Waals surface area contributed by atoms with E-state index >= 15 is 0 Å². The van der Waals surface area contributed by atoms with Gasteiger partial charge in [-0.05, 0) is 122 Å². The van der Waals surface area contributed by atoms with E-state index in [0.717, 1.165) is 44.9 Å². The summed E-state index contributed by atoms with van der Waals surface area (Å²) < 4.78 is 5.60. The van der Waals surface area contributed by atoms with E-state index in [1.165, 1.54) is 6.42 Å². The highest BCUT2D eigenvalue weighted by atomic mass is 16.5. The van der Waals surface area contributed by atoms with E-state index in [-0.39, 0.29) is 46.2 Å². The molecule has 5 rings (SSSR count). The van der Waals surface area contributed by atoms with Crippen LogP contribution in [0.3, 0.4) is 0 Å². The predicted octanol–water partition coefficient (Wildman–Crippen LogP) is 4.79. The Morgan fingerprint density at radius 3 is 2.19 bits per heavy atom. The van der Waals surface area contributed by atoms with E-state index in [4.69, 9.17) is 4.74 Å². The zero-order valence-corrected chi connectivity index (χ0v) is 24.1. The van der Waals surface area contributed by atoms with E-state index in [1.54, 1.807) is 21.0 Å². The monoisotopic (exact) mass is 506 g/mol. The smallest absolute Gasteiger partial charge is 0.0852 e. The molecule has 4 N–H and O–H groups in total. The lowest BCUT2D eigenvalue weighted by atomic mass is 9.46. The summed E-state index contributed by atoms with van der Waals surface area (Å²) in [5.74, 6) is 2.08. The maximum absolute atomic E-state index is 11.7. The van der Waals surface area contributed by atoms with Crippen molar-refractivity contribution in [2.24, 2.45) is 57.2 Å². The minimum absolute atomic E-state index is 0.0506. The molecule has 5 heteroatoms. The van der Waals surface area contributed by atoms with Crippen molar-refractivity contribution < 1.29 is 25.2 Å². The fourth-order valence-corrected chi connectivity index (χ4v) is 12.1. The molecule has 5 aliphatic rings. The summed E-state index contributed by atoms with van der Waals surface area (Å²) in [5, 5.41) is 44.6. The number of aliphatic hydroxyl groups excluding tert-OH is 3. The third-order valence-electron chi connectivity index (χ3n) is 13.7. The van der Waals surface area contributed by atoms with Crippen molar-refractivity contribution in [1.29, 1.82) is 0 Å². The molecule has 5 fully saturated rings. The van der Waals surface area contributed by atoms with Crippen molar-refractivity contribution in [3.8, 4) is 0 Å². The molecule has 0 aromatic rings. The van der Waals surface area contributed by atoms with Gasteiger partial charge in [0, 0.05) is 7.11 Å². The van der Waals surface area contributed by atoms with Crippen LogP contribution in [0.4, 0.5) is 0 Å². The Labute approximate surface area is 219 Å². The van der Waals surface area contributed by atoms with Crippen LogP contribution in [0.2, 0.25) is 0 Å². The maximum Gasteiger partial charge on any atom is 0.0852 e. The van der Waals surface area contributed by atoms with E-state index in [2.05, 4.69) is 34.6 Å². The van der Waals surface area contributed by atoms with E-state index < -0.39 is 17.8 Å². The Balaban J connectivity index is 1.42. The van der Waals surface area contributed by atoms with Gasteiger partial charge in [0.1, 0.15) is 0 Å². The van der Waals surface area contributed by atoms with Gasteiger partial charge in [-0.1, -0.05) is 34.6 Å². The molecule has 13 atom stereocenters. The second-order valence-electron chi connectivity index (χ2n) is 15.4. The van der Waals surface area contributed by atoms with Gasteiger partial charge in [-0.25, -0.2) is 0 Å². The first-order valence-corrected chi connectivity index (χ1v) is 14.9. The summed E-state index contributed by atoms with van der Waals surface area (Å²) >= 11 is 0. The molecule has 36 heavy (non-hydrogen) atoms. The molecule has 0 heterocycles. The van der Waals surface area contributed by atoms with E-state index in [1.807, 2.05) is 0 Å². The van der Waals surface area contributed by atoms with Crippen LogP contribution in [0.5, 0.6) is 0 Å². The molecule has 0 amide bonds. The maximum atomic E-state index is 11.7. The Kier molecular flexibility index (Phi) is 6.39. The lowest BCUT2D eigenvalue weighted by molar-refractivity contribution is -0.143. The molecule has 208 valence electrons. The van der Waals surface area contributed by atoms with Crippen LogP contribution >= 0.6 is 0 Å². The van der Waals surface area contributed by atoms with Crippen molar-refractivity contribution in [3.63, 3.8) is 0 Å². The topological polar surface area (TPSA) is 90.2 Å². The van der Waals surface area contributed by atoms with Crippen LogP contribution < -0.4 is 0 Å². The highest BCUT2D eigenvalue weighted by Gasteiger charge is 2.85. The number of rotatable bonds is 6. The van der Waals surface area contributed by atoms with Crippen molar-refractivity contribution in [2.45, 2.75) is 130 Å². The molecular formula is C31H54O5. The second-order valence-corrected chi connectivity index (χ2v) is 15.4. The fraction of sp³-hybridized carbons (Fsp3) is 1.00. The Bertz CT molecular complexity index is 850. The molecule has 5 nitrogen and oxygen atoms in total. The van der Waals surface area contributed by atoms with Gasteiger partial charge >= 0.3 is 0 Å². The molecular weight excluding hydrogens is 452 g/mol. The Morgan fingerprint density at radius 1 is 0.917 bits per heavy atom. The van der Waals surface area contributed by atoms with E-state index in [9.17, 15) is 20.4 Å². The summed E-state index contributed by atoms with van der Waals surface area (Å²) in [5.41, 5.74) is -0.468. The number of hydrogen-bond donors (Lipinski definition) is 4. The summed E-state index contributed by atoms with van der Waals surface area (Å²) in [4.78, 5) is 0. The zero-order valence-electron chi connectivity index (χ0n) is 24.1. The number of aliphatic hydroxyl groups is 4. The molecule has 3 unspecified atom stereocenters. The molecule has 5 saturated carbocycles. The van der Waals surface area contributed by atoms with Gasteiger partial charge in [0.05, 0.1) is 30.0 Å². The summed E-state index contributed by atoms with van der Waals surface area (Å²) in [6.45, 7) is 15.3. The van der Waals surface area contributed by atoms with Gasteiger partial charge in [-0.2, -0.15) is 0 Å². The fourth-order valence-electron chi connectivity index (χ4n) is 12.1. The minimum atomic E-state index is -0.900. The summed E-state index contributed by atoms with van der Waals surface area (Å²) in [6.07, 6.45) is 6.33. The van der Waals surface area contributed by atoms with Gasteiger partial charge < -0.3 is 25.2 Å². The normalized spacial score (nSPS) is 53.0. The average molecular weight is 507 g/mol. The minimum Gasteiger partial charge on any atom is -0.393 e. The molecule has 2 spiro atoms. The van der Waals surface area contributed by atoms with Crippen molar-refractivity contribution in [1.82, 2.24) is 0 Å². The molecule has 0 saturated heterocycles. The molecule has 0 aliphatic heterocycles. The number of hydrogen-bond acceptors (Lipinski definition) is 5. The Morgan fingerprint density at radius 2 is 1.58 bits per heavy atom. The van der Waals surface area contributed by atoms with Crippen molar-refractivity contribution >= 4 is 0 Å². The number of methoxy groups -OCH3 is 1. The van der Waals surface area contributed by atoms with Crippen LogP contribution in [-0.4, -0.2) is 57.6 Å². The van der Waals surface area contributed by atoms with Gasteiger partial charge in [-0.3, -0.25) is 0 Å². The highest BCUT2D eigenvalue weighted by Crippen LogP contribution is 2.89. The van der Waals surface area contributed by atoms with Crippen LogP contribution in [0.25, 0.3) is 0 Å². The average Bonchev–Trinajstić information content (AvgIpc) is 3.24. The van der Waals surface area contributed by atoms with Gasteiger partial charge in [0.2, 0.25) is 0 Å². The standard InChI is InChI=1S/C31H54O5/c1-17(9-12-22(36-8)28(5,6)35)23-25(33)26(34)24-19-10-11-20-27(3,4)21(32)13-14-31(20)18(2)30(19,31)16-15-29(23,24)7/h17-26,32-35H,9-16H2,1-8H3/t17-,18+,19+,20?,21+,22+,23+,24?,25+,26-,29-,30+,31?/m1/s1. The van der Waals surface area contributed by atoms with Gasteiger partial charge in [-0.15, -0.1) is 0 Å². The van der Waals surface area contributed by atoms with Crippen molar-refractivity contribution in [2.75, 3.05) is 7.11 Å². The number of fused-ring (bicyclic) bond motifs is 2. The first-order valence-electron chi connectivity index (χ1n) is 14.9. The SMILES string of the molecule is CO[C@@H](CC[C@@H](C)[C@H]1[C@H](O)[C@H](O)C2[C@@H]3CCC4C(C)(C)[C@@H](O)CCC45[C@@H](C)[C@@]35CC[C@@]21C)C(C)(C)O. The van der Waals surface area contributed by atoms with Gasteiger partial charge in [0.15, 0.2) is 0 Å². The highest BCUT2D eigenvalue weighted by molar-refractivity contribution is 5.32. The van der Waals surface area contributed by atoms with Crippen LogP contribution in [0.15, 0.2) is 0 Å². The first-order chi connectivity index (χ1) is 16.6. The third-order valence-corrected chi connectivity index (χ3v) is 13.7. The Hall–Kier alpha value is -0.200. The van der Waals surface area contributed by atoms with Crippen molar-refractivity contribution in [3.05, 3.63) is 0 Å². The van der Waals surface area contributed by atoms with Crippen LogP contribution in [-0.2, 0) is 4.74 Å². The number of ether oxygens (including phenoxy) is 1. The quantitative estimate of drug-likeness (QED) is 0.416.